The lowest BCUT2D eigenvalue weighted by Crippen LogP contribution is -2.37. The van der Waals surface area contributed by atoms with Gasteiger partial charge in [0.1, 0.15) is 0 Å². The van der Waals surface area contributed by atoms with E-state index in [2.05, 4.69) is 5.43 Å². The van der Waals surface area contributed by atoms with E-state index < -0.39 is 0 Å². The first-order chi connectivity index (χ1) is 7.90. The van der Waals surface area contributed by atoms with E-state index in [9.17, 15) is 0 Å². The van der Waals surface area contributed by atoms with Crippen molar-refractivity contribution in [3.8, 4) is 0 Å². The molecular formula is C13H24N2O. The summed E-state index contributed by atoms with van der Waals surface area (Å²) < 4.78 is 5.38. The summed E-state index contributed by atoms with van der Waals surface area (Å²) in [5.41, 5.74) is 4.30. The Labute approximate surface area is 98.4 Å². The minimum Gasteiger partial charge on any atom is -0.501 e. The second-order valence-electron chi connectivity index (χ2n) is 5.11. The Morgan fingerprint density at radius 2 is 2.19 bits per heavy atom. The van der Waals surface area contributed by atoms with Gasteiger partial charge in [-0.05, 0) is 37.2 Å². The topological polar surface area (TPSA) is 47.3 Å². The standard InChI is InChI=1S/C13H24N2O/c14-15-13(12-6-3-9-16-10-12)8-7-11-4-1-2-5-11/h10-11,13,15H,1-9,14H2. The molecule has 3 heteroatoms. The number of hydrazine groups is 1. The van der Waals surface area contributed by atoms with Gasteiger partial charge in [-0.15, -0.1) is 0 Å². The molecule has 1 atom stereocenters. The number of nitrogens with two attached hydrogens (primary N) is 1. The average molecular weight is 224 g/mol. The van der Waals surface area contributed by atoms with E-state index in [1.54, 1.807) is 0 Å². The molecule has 3 N–H and O–H groups in total. The lowest BCUT2D eigenvalue weighted by Gasteiger charge is -2.23. The summed E-state index contributed by atoms with van der Waals surface area (Å²) in [6.07, 6.45) is 12.4. The van der Waals surface area contributed by atoms with Crippen LogP contribution >= 0.6 is 0 Å². The Balaban J connectivity index is 1.77. The van der Waals surface area contributed by atoms with Gasteiger partial charge in [0.25, 0.3) is 0 Å². The number of hydrogen-bond donors (Lipinski definition) is 2. The van der Waals surface area contributed by atoms with Crippen LogP contribution in [0, 0.1) is 5.92 Å². The normalized spacial score (nSPS) is 23.9. The van der Waals surface area contributed by atoms with Crippen LogP contribution in [0.3, 0.4) is 0 Å². The zero-order valence-corrected chi connectivity index (χ0v) is 10.1. The first kappa shape index (κ1) is 11.9. The van der Waals surface area contributed by atoms with Crippen molar-refractivity contribution in [2.75, 3.05) is 6.61 Å². The highest BCUT2D eigenvalue weighted by atomic mass is 16.5. The van der Waals surface area contributed by atoms with E-state index in [0.29, 0.717) is 6.04 Å². The second-order valence-corrected chi connectivity index (χ2v) is 5.11. The van der Waals surface area contributed by atoms with E-state index >= 15 is 0 Å². The van der Waals surface area contributed by atoms with Crippen LogP contribution in [0.5, 0.6) is 0 Å². The van der Waals surface area contributed by atoms with Gasteiger partial charge in [-0.1, -0.05) is 25.7 Å². The van der Waals surface area contributed by atoms with Crippen molar-refractivity contribution in [2.45, 2.75) is 57.4 Å². The van der Waals surface area contributed by atoms with E-state index in [0.717, 1.165) is 31.8 Å². The molecule has 1 saturated carbocycles. The first-order valence-corrected chi connectivity index (χ1v) is 6.67. The van der Waals surface area contributed by atoms with Crippen molar-refractivity contribution in [3.63, 3.8) is 0 Å². The number of rotatable bonds is 5. The fraction of sp³-hybridized carbons (Fsp3) is 0.846. The summed E-state index contributed by atoms with van der Waals surface area (Å²) in [7, 11) is 0. The molecule has 1 unspecified atom stereocenters. The zero-order chi connectivity index (χ0) is 11.2. The molecule has 1 fully saturated rings. The molecular weight excluding hydrogens is 200 g/mol. The van der Waals surface area contributed by atoms with Crippen molar-refractivity contribution >= 4 is 0 Å². The molecule has 1 aliphatic carbocycles. The van der Waals surface area contributed by atoms with Crippen molar-refractivity contribution in [1.29, 1.82) is 0 Å². The maximum atomic E-state index is 5.64. The van der Waals surface area contributed by atoms with Gasteiger partial charge in [0.15, 0.2) is 0 Å². The van der Waals surface area contributed by atoms with Gasteiger partial charge in [0.2, 0.25) is 0 Å². The van der Waals surface area contributed by atoms with Crippen LogP contribution in [-0.4, -0.2) is 12.6 Å². The smallest absolute Gasteiger partial charge is 0.0876 e. The molecule has 3 nitrogen and oxygen atoms in total. The molecule has 1 aliphatic heterocycles. The summed E-state index contributed by atoms with van der Waals surface area (Å²) in [5, 5.41) is 0. The fourth-order valence-corrected chi connectivity index (χ4v) is 2.92. The molecule has 0 spiro atoms. The molecule has 16 heavy (non-hydrogen) atoms. The van der Waals surface area contributed by atoms with Crippen LogP contribution in [0.1, 0.15) is 51.4 Å². The van der Waals surface area contributed by atoms with Crippen LogP contribution in [0.25, 0.3) is 0 Å². The third-order valence-corrected chi connectivity index (χ3v) is 3.95. The van der Waals surface area contributed by atoms with Crippen molar-refractivity contribution in [3.05, 3.63) is 11.8 Å². The molecule has 0 aromatic carbocycles. The van der Waals surface area contributed by atoms with Gasteiger partial charge in [0, 0.05) is 6.04 Å². The van der Waals surface area contributed by atoms with Crippen LogP contribution < -0.4 is 11.3 Å². The van der Waals surface area contributed by atoms with Crippen molar-refractivity contribution in [1.82, 2.24) is 5.43 Å². The highest BCUT2D eigenvalue weighted by Gasteiger charge is 2.20. The Bertz CT molecular complexity index is 234. The summed E-state index contributed by atoms with van der Waals surface area (Å²) in [5.74, 6) is 6.59. The Morgan fingerprint density at radius 1 is 1.38 bits per heavy atom. The minimum absolute atomic E-state index is 0.334. The molecule has 2 rings (SSSR count). The predicted octanol–water partition coefficient (Wildman–Crippen LogP) is 2.48. The molecule has 92 valence electrons. The van der Waals surface area contributed by atoms with Gasteiger partial charge >= 0.3 is 0 Å². The largest absolute Gasteiger partial charge is 0.501 e. The van der Waals surface area contributed by atoms with Crippen molar-refractivity contribution < 1.29 is 4.74 Å². The molecule has 0 aromatic heterocycles. The van der Waals surface area contributed by atoms with Gasteiger partial charge in [-0.25, -0.2) is 0 Å². The van der Waals surface area contributed by atoms with E-state index in [1.807, 2.05) is 6.26 Å². The van der Waals surface area contributed by atoms with Crippen LogP contribution in [0.4, 0.5) is 0 Å². The minimum atomic E-state index is 0.334. The molecule has 0 aromatic rings. The molecule has 0 radical (unpaired) electrons. The third-order valence-electron chi connectivity index (χ3n) is 3.95. The highest BCUT2D eigenvalue weighted by molar-refractivity contribution is 5.09. The maximum absolute atomic E-state index is 5.64. The van der Waals surface area contributed by atoms with Crippen molar-refractivity contribution in [2.24, 2.45) is 11.8 Å². The summed E-state index contributed by atoms with van der Waals surface area (Å²) in [4.78, 5) is 0. The van der Waals surface area contributed by atoms with Crippen LogP contribution in [0.15, 0.2) is 11.8 Å². The molecule has 0 bridgehead atoms. The number of hydrogen-bond acceptors (Lipinski definition) is 3. The second kappa shape index (κ2) is 6.26. The molecule has 1 heterocycles. The van der Waals surface area contributed by atoms with E-state index in [1.165, 1.54) is 37.7 Å². The fourth-order valence-electron chi connectivity index (χ4n) is 2.92. The summed E-state index contributed by atoms with van der Waals surface area (Å²) in [6, 6.07) is 0.334. The lowest BCUT2D eigenvalue weighted by atomic mass is 9.93. The van der Waals surface area contributed by atoms with Gasteiger partial charge in [-0.2, -0.15) is 0 Å². The molecule has 2 aliphatic rings. The van der Waals surface area contributed by atoms with E-state index in [4.69, 9.17) is 10.6 Å². The first-order valence-electron chi connectivity index (χ1n) is 6.67. The van der Waals surface area contributed by atoms with E-state index in [-0.39, 0.29) is 0 Å². The molecule has 0 saturated heterocycles. The SMILES string of the molecule is NNC(CCC1CCCC1)C1=COCCC1. The Hall–Kier alpha value is -0.540. The quantitative estimate of drug-likeness (QED) is 0.557. The summed E-state index contributed by atoms with van der Waals surface area (Å²) >= 11 is 0. The highest BCUT2D eigenvalue weighted by Crippen LogP contribution is 2.30. The Morgan fingerprint density at radius 3 is 2.81 bits per heavy atom. The molecule has 0 amide bonds. The zero-order valence-electron chi connectivity index (χ0n) is 10.1. The Kier molecular flexibility index (Phi) is 4.67. The monoisotopic (exact) mass is 224 g/mol. The van der Waals surface area contributed by atoms with Crippen LogP contribution in [0.2, 0.25) is 0 Å². The lowest BCUT2D eigenvalue weighted by molar-refractivity contribution is 0.218. The maximum Gasteiger partial charge on any atom is 0.0876 e. The van der Waals surface area contributed by atoms with Gasteiger partial charge in [-0.3, -0.25) is 11.3 Å². The van der Waals surface area contributed by atoms with Gasteiger partial charge in [0.05, 0.1) is 12.9 Å². The summed E-state index contributed by atoms with van der Waals surface area (Å²) in [6.45, 7) is 0.865. The average Bonchev–Trinajstić information content (AvgIpc) is 2.84. The predicted molar refractivity (Wildman–Crippen MR) is 65.6 cm³/mol. The number of nitrogens with one attached hydrogen (secondary N) is 1. The van der Waals surface area contributed by atoms with Gasteiger partial charge < -0.3 is 4.74 Å². The third kappa shape index (κ3) is 3.22. The van der Waals surface area contributed by atoms with Crippen LogP contribution in [-0.2, 0) is 4.74 Å². The number of ether oxygens (including phenoxy) is 1.